The van der Waals surface area contributed by atoms with E-state index in [0.29, 0.717) is 7.11 Å². The lowest BCUT2D eigenvalue weighted by Crippen LogP contribution is -2.38. The van der Waals surface area contributed by atoms with E-state index in [1.807, 2.05) is 0 Å². The van der Waals surface area contributed by atoms with Crippen molar-refractivity contribution in [1.82, 2.24) is 0 Å². The van der Waals surface area contributed by atoms with Crippen molar-refractivity contribution in [2.24, 2.45) is 0 Å². The number of rotatable bonds is 3. The second-order valence-corrected chi connectivity index (χ2v) is 3.29. The monoisotopic (exact) mass is 270 g/mol. The Morgan fingerprint density at radius 3 is 1.89 bits per heavy atom. The first kappa shape index (κ1) is 14.4. The Hall–Kier alpha value is -1.66. The molecule has 18 heavy (non-hydrogen) atoms. The molecular formula is C11H8F6O. The molecule has 1 aromatic carbocycles. The number of alkyl halides is 5. The van der Waals surface area contributed by atoms with Crippen molar-refractivity contribution < 1.29 is 31.1 Å². The SMILES string of the molecule is CO/C(F)=C(/c1ccccc1)C(F)(F)C(F)(F)F. The molecule has 0 aliphatic rings. The van der Waals surface area contributed by atoms with Crippen molar-refractivity contribution in [2.75, 3.05) is 7.11 Å². The summed E-state index contributed by atoms with van der Waals surface area (Å²) in [6.07, 6.45) is -5.91. The molecule has 0 spiro atoms. The first-order valence-corrected chi connectivity index (χ1v) is 4.66. The molecule has 0 fully saturated rings. The summed E-state index contributed by atoms with van der Waals surface area (Å²) in [5, 5.41) is 0. The lowest BCUT2D eigenvalue weighted by atomic mass is 10.0. The maximum Gasteiger partial charge on any atom is 0.458 e. The number of hydrogen-bond acceptors (Lipinski definition) is 1. The van der Waals surface area contributed by atoms with Crippen LogP contribution in [0.5, 0.6) is 0 Å². The van der Waals surface area contributed by atoms with Crippen molar-refractivity contribution in [3.8, 4) is 0 Å². The summed E-state index contributed by atoms with van der Waals surface area (Å²) in [7, 11) is 0.671. The van der Waals surface area contributed by atoms with Crippen LogP contribution in [-0.2, 0) is 4.74 Å². The molecule has 7 heteroatoms. The van der Waals surface area contributed by atoms with Crippen LogP contribution in [0.4, 0.5) is 26.3 Å². The van der Waals surface area contributed by atoms with Gasteiger partial charge in [0.05, 0.1) is 7.11 Å². The second kappa shape index (κ2) is 4.91. The molecule has 1 aromatic rings. The Bertz CT molecular complexity index is 435. The minimum Gasteiger partial charge on any atom is -0.474 e. The predicted octanol–water partition coefficient (Wildman–Crippen LogP) is 4.17. The molecule has 0 unspecified atom stereocenters. The molecule has 0 heterocycles. The molecule has 100 valence electrons. The third kappa shape index (κ3) is 2.60. The number of methoxy groups -OCH3 is 1. The van der Waals surface area contributed by atoms with Crippen molar-refractivity contribution in [3.63, 3.8) is 0 Å². The average molecular weight is 270 g/mol. The Morgan fingerprint density at radius 1 is 1.00 bits per heavy atom. The fraction of sp³-hybridized carbons (Fsp3) is 0.273. The van der Waals surface area contributed by atoms with Gasteiger partial charge in [0.1, 0.15) is 5.57 Å². The van der Waals surface area contributed by atoms with E-state index in [2.05, 4.69) is 4.74 Å². The zero-order valence-corrected chi connectivity index (χ0v) is 9.06. The van der Waals surface area contributed by atoms with Crippen LogP contribution in [0, 0.1) is 0 Å². The van der Waals surface area contributed by atoms with Gasteiger partial charge >= 0.3 is 12.1 Å². The summed E-state index contributed by atoms with van der Waals surface area (Å²) in [4.78, 5) is 0. The van der Waals surface area contributed by atoms with E-state index in [1.165, 1.54) is 18.2 Å². The van der Waals surface area contributed by atoms with E-state index < -0.39 is 29.2 Å². The highest BCUT2D eigenvalue weighted by molar-refractivity contribution is 5.72. The van der Waals surface area contributed by atoms with Crippen LogP contribution in [0.3, 0.4) is 0 Å². The molecule has 1 nitrogen and oxygen atoms in total. The zero-order chi connectivity index (χ0) is 14.0. The molecule has 0 N–H and O–H groups in total. The molecule has 0 aliphatic heterocycles. The highest BCUT2D eigenvalue weighted by Crippen LogP contribution is 2.46. The van der Waals surface area contributed by atoms with Gasteiger partial charge in [0.25, 0.3) is 6.01 Å². The van der Waals surface area contributed by atoms with Gasteiger partial charge in [-0.3, -0.25) is 0 Å². The number of hydrogen-bond donors (Lipinski definition) is 0. The minimum absolute atomic E-state index is 0.598. The van der Waals surface area contributed by atoms with E-state index >= 15 is 0 Å². The fourth-order valence-electron chi connectivity index (χ4n) is 1.27. The van der Waals surface area contributed by atoms with E-state index in [-0.39, 0.29) is 0 Å². The molecule has 0 aromatic heterocycles. The molecule has 0 aliphatic carbocycles. The van der Waals surface area contributed by atoms with Gasteiger partial charge in [0.15, 0.2) is 0 Å². The van der Waals surface area contributed by atoms with E-state index in [4.69, 9.17) is 0 Å². The predicted molar refractivity (Wildman–Crippen MR) is 52.5 cm³/mol. The van der Waals surface area contributed by atoms with Crippen molar-refractivity contribution in [1.29, 1.82) is 0 Å². The third-order valence-electron chi connectivity index (χ3n) is 2.11. The van der Waals surface area contributed by atoms with Crippen LogP contribution in [-0.4, -0.2) is 19.2 Å². The fourth-order valence-corrected chi connectivity index (χ4v) is 1.27. The molecule has 0 bridgehead atoms. The van der Waals surface area contributed by atoms with Crippen LogP contribution in [0.15, 0.2) is 36.3 Å². The summed E-state index contributed by atoms with van der Waals surface area (Å²) >= 11 is 0. The Labute approximate surface area is 98.7 Å². The van der Waals surface area contributed by atoms with Gasteiger partial charge in [0, 0.05) is 0 Å². The largest absolute Gasteiger partial charge is 0.474 e. The highest BCUT2D eigenvalue weighted by Gasteiger charge is 2.62. The average Bonchev–Trinajstić information content (AvgIpc) is 2.28. The molecule has 0 saturated heterocycles. The second-order valence-electron chi connectivity index (χ2n) is 3.29. The molecule has 0 saturated carbocycles. The lowest BCUT2D eigenvalue weighted by molar-refractivity contribution is -0.254. The number of allylic oxidation sites excluding steroid dienone is 1. The smallest absolute Gasteiger partial charge is 0.458 e. The lowest BCUT2D eigenvalue weighted by Gasteiger charge is -2.22. The maximum atomic E-state index is 13.2. The van der Waals surface area contributed by atoms with E-state index in [0.717, 1.165) is 12.1 Å². The Morgan fingerprint density at radius 2 is 1.50 bits per heavy atom. The summed E-state index contributed by atoms with van der Waals surface area (Å²) in [5.74, 6) is -5.34. The normalized spacial score (nSPS) is 14.2. The van der Waals surface area contributed by atoms with Crippen LogP contribution in [0.2, 0.25) is 0 Å². The summed E-state index contributed by atoms with van der Waals surface area (Å²) in [5.41, 5.74) is -2.43. The van der Waals surface area contributed by atoms with Crippen LogP contribution in [0.25, 0.3) is 5.57 Å². The number of benzene rings is 1. The Balaban J connectivity index is 3.44. The van der Waals surface area contributed by atoms with Crippen molar-refractivity contribution in [3.05, 3.63) is 41.9 Å². The van der Waals surface area contributed by atoms with Gasteiger partial charge in [-0.1, -0.05) is 30.3 Å². The van der Waals surface area contributed by atoms with E-state index in [9.17, 15) is 26.3 Å². The van der Waals surface area contributed by atoms with E-state index in [1.54, 1.807) is 0 Å². The third-order valence-corrected chi connectivity index (χ3v) is 2.11. The van der Waals surface area contributed by atoms with Crippen LogP contribution < -0.4 is 0 Å². The molecular weight excluding hydrogens is 262 g/mol. The Kier molecular flexibility index (Phi) is 3.93. The topological polar surface area (TPSA) is 9.23 Å². The van der Waals surface area contributed by atoms with Crippen molar-refractivity contribution in [2.45, 2.75) is 12.1 Å². The summed E-state index contributed by atoms with van der Waals surface area (Å²) < 4.78 is 80.3. The van der Waals surface area contributed by atoms with Gasteiger partial charge < -0.3 is 4.74 Å². The number of ether oxygens (including phenoxy) is 1. The van der Waals surface area contributed by atoms with Gasteiger partial charge in [-0.2, -0.15) is 26.3 Å². The van der Waals surface area contributed by atoms with Gasteiger partial charge in [-0.15, -0.1) is 0 Å². The highest BCUT2D eigenvalue weighted by atomic mass is 19.4. The summed E-state index contributed by atoms with van der Waals surface area (Å²) in [6, 6.07) is 3.73. The first-order valence-electron chi connectivity index (χ1n) is 4.66. The molecule has 0 atom stereocenters. The molecule has 0 amide bonds. The van der Waals surface area contributed by atoms with Crippen LogP contribution in [0.1, 0.15) is 5.56 Å². The standard InChI is InChI=1S/C11H8F6O/c1-18-9(12)8(7-5-3-2-4-6-7)10(13,14)11(15,16)17/h2-6H,1H3/b9-8-. The molecule has 1 rings (SSSR count). The first-order chi connectivity index (χ1) is 8.21. The van der Waals surface area contributed by atoms with Crippen LogP contribution >= 0.6 is 0 Å². The maximum absolute atomic E-state index is 13.2. The van der Waals surface area contributed by atoms with Gasteiger partial charge in [0.2, 0.25) is 0 Å². The summed E-state index contributed by atoms with van der Waals surface area (Å²) in [6.45, 7) is 0. The van der Waals surface area contributed by atoms with Gasteiger partial charge in [-0.05, 0) is 5.56 Å². The van der Waals surface area contributed by atoms with Crippen molar-refractivity contribution >= 4 is 5.57 Å². The number of halogens is 6. The minimum atomic E-state index is -5.91. The zero-order valence-electron chi connectivity index (χ0n) is 9.06. The van der Waals surface area contributed by atoms with Gasteiger partial charge in [-0.25, -0.2) is 0 Å². The quantitative estimate of drug-likeness (QED) is 0.591. The molecule has 0 radical (unpaired) electrons.